The van der Waals surface area contributed by atoms with Crippen LogP contribution in [0.5, 0.6) is 0 Å². The van der Waals surface area contributed by atoms with Crippen molar-refractivity contribution in [1.29, 1.82) is 0 Å². The van der Waals surface area contributed by atoms with E-state index in [0.29, 0.717) is 18.1 Å². The Labute approximate surface area is 116 Å². The summed E-state index contributed by atoms with van der Waals surface area (Å²) in [6.45, 7) is 0.555. The fraction of sp³-hybridized carbons (Fsp3) is 0.778. The second-order valence-corrected chi connectivity index (χ2v) is 7.00. The van der Waals surface area contributed by atoms with Crippen molar-refractivity contribution in [2.75, 3.05) is 37.4 Å². The summed E-state index contributed by atoms with van der Waals surface area (Å²) in [6, 6.07) is -1.32. The monoisotopic (exact) mass is 311 g/mol. The first-order valence-electron chi connectivity index (χ1n) is 5.61. The van der Waals surface area contributed by atoms with Gasteiger partial charge in [0.1, 0.15) is 6.04 Å². The smallest absolute Gasteiger partial charge is 0.327 e. The van der Waals surface area contributed by atoms with Crippen molar-refractivity contribution in [2.24, 2.45) is 0 Å². The van der Waals surface area contributed by atoms with Crippen LogP contribution >= 0.6 is 11.8 Å². The number of hydrogen-bond donors (Lipinski definition) is 3. The van der Waals surface area contributed by atoms with Gasteiger partial charge in [0.05, 0.1) is 6.26 Å². The van der Waals surface area contributed by atoms with Crippen LogP contribution in [0.3, 0.4) is 0 Å². The Bertz CT molecular complexity index is 439. The maximum Gasteiger partial charge on any atom is 0.327 e. The number of hydrogen-bond acceptors (Lipinski definition) is 5. The summed E-state index contributed by atoms with van der Waals surface area (Å²) in [5.74, 6) is 0.0277. The second kappa shape index (κ2) is 6.96. The van der Waals surface area contributed by atoms with Gasteiger partial charge in [-0.1, -0.05) is 0 Å². The molecule has 1 unspecified atom stereocenters. The molecule has 0 radical (unpaired) electrons. The summed E-state index contributed by atoms with van der Waals surface area (Å²) in [5.41, 5.74) is 0. The number of amides is 2. The van der Waals surface area contributed by atoms with E-state index in [-0.39, 0.29) is 13.1 Å². The molecule has 3 N–H and O–H groups in total. The minimum absolute atomic E-state index is 0.0743. The van der Waals surface area contributed by atoms with Gasteiger partial charge in [0.15, 0.2) is 0 Å². The summed E-state index contributed by atoms with van der Waals surface area (Å²) in [4.78, 5) is 24.1. The highest BCUT2D eigenvalue weighted by Gasteiger charge is 2.32. The summed E-state index contributed by atoms with van der Waals surface area (Å²) in [5, 5.41) is 11.5. The first kappa shape index (κ1) is 16.1. The topological polar surface area (TPSA) is 116 Å². The number of carboxylic acid groups (broad SMARTS) is 1. The third-order valence-electron chi connectivity index (χ3n) is 2.44. The molecule has 2 amide bonds. The number of carbonyl (C=O) groups is 2. The maximum atomic E-state index is 11.8. The van der Waals surface area contributed by atoms with E-state index in [1.165, 1.54) is 16.7 Å². The molecule has 1 heterocycles. The van der Waals surface area contributed by atoms with E-state index in [4.69, 9.17) is 5.11 Å². The van der Waals surface area contributed by atoms with Gasteiger partial charge in [-0.2, -0.15) is 11.8 Å². The van der Waals surface area contributed by atoms with Crippen molar-refractivity contribution in [3.63, 3.8) is 0 Å². The van der Waals surface area contributed by atoms with Crippen LogP contribution in [-0.2, 0) is 14.8 Å². The van der Waals surface area contributed by atoms with Crippen molar-refractivity contribution < 1.29 is 23.1 Å². The molecule has 1 aliphatic rings. The fourth-order valence-corrected chi connectivity index (χ4v) is 3.07. The number of nitrogens with zero attached hydrogens (tertiary/aromatic N) is 1. The average Bonchev–Trinajstić information content (AvgIpc) is 2.33. The van der Waals surface area contributed by atoms with E-state index >= 15 is 0 Å². The molecule has 0 spiro atoms. The number of carboxylic acids is 1. The number of rotatable bonds is 5. The zero-order valence-electron chi connectivity index (χ0n) is 10.5. The molecule has 0 saturated carbocycles. The molecular weight excluding hydrogens is 294 g/mol. The van der Waals surface area contributed by atoms with E-state index in [1.54, 1.807) is 0 Å². The molecule has 10 heteroatoms. The van der Waals surface area contributed by atoms with E-state index in [9.17, 15) is 18.0 Å². The molecule has 0 bridgehead atoms. The van der Waals surface area contributed by atoms with Crippen LogP contribution in [0.4, 0.5) is 4.79 Å². The van der Waals surface area contributed by atoms with Gasteiger partial charge in [0.25, 0.3) is 0 Å². The molecule has 1 fully saturated rings. The van der Waals surface area contributed by atoms with Crippen molar-refractivity contribution in [1.82, 2.24) is 14.9 Å². The Morgan fingerprint density at radius 2 is 2.11 bits per heavy atom. The van der Waals surface area contributed by atoms with Crippen LogP contribution in [0, 0.1) is 0 Å². The summed E-state index contributed by atoms with van der Waals surface area (Å²) >= 11 is 1.49. The van der Waals surface area contributed by atoms with Gasteiger partial charge in [-0.25, -0.2) is 22.7 Å². The third kappa shape index (κ3) is 5.66. The minimum Gasteiger partial charge on any atom is -0.480 e. The molecule has 19 heavy (non-hydrogen) atoms. The van der Waals surface area contributed by atoms with Crippen LogP contribution in [0.1, 0.15) is 0 Å². The lowest BCUT2D eigenvalue weighted by atomic mass is 10.3. The third-order valence-corrected chi connectivity index (χ3v) is 4.19. The molecule has 1 saturated heterocycles. The number of carbonyl (C=O) groups excluding carboxylic acids is 1. The van der Waals surface area contributed by atoms with Gasteiger partial charge < -0.3 is 15.3 Å². The first-order chi connectivity index (χ1) is 8.81. The van der Waals surface area contributed by atoms with Crippen LogP contribution in [0.15, 0.2) is 0 Å². The second-order valence-electron chi connectivity index (χ2n) is 4.02. The molecule has 0 aromatic rings. The molecule has 1 rings (SSSR count). The quantitative estimate of drug-likeness (QED) is 0.546. The summed E-state index contributed by atoms with van der Waals surface area (Å²) in [7, 11) is -3.28. The SMILES string of the molecule is CS(=O)(=O)NCCNC(=O)N1CCSCC1C(=O)O. The molecule has 0 aromatic heterocycles. The number of urea groups is 1. The Morgan fingerprint density at radius 1 is 1.42 bits per heavy atom. The fourth-order valence-electron chi connectivity index (χ4n) is 1.56. The van der Waals surface area contributed by atoms with Gasteiger partial charge in [-0.05, 0) is 0 Å². The van der Waals surface area contributed by atoms with Crippen LogP contribution in [0.25, 0.3) is 0 Å². The molecule has 1 atom stereocenters. The molecule has 1 aliphatic heterocycles. The summed E-state index contributed by atoms with van der Waals surface area (Å²) < 4.78 is 23.8. The minimum atomic E-state index is -3.28. The number of aliphatic carboxylic acids is 1. The van der Waals surface area contributed by atoms with Crippen LogP contribution in [0.2, 0.25) is 0 Å². The lowest BCUT2D eigenvalue weighted by Gasteiger charge is -2.32. The van der Waals surface area contributed by atoms with Gasteiger partial charge in [-0.15, -0.1) is 0 Å². The predicted octanol–water partition coefficient (Wildman–Crippen LogP) is -1.25. The van der Waals surface area contributed by atoms with E-state index < -0.39 is 28.1 Å². The van der Waals surface area contributed by atoms with Gasteiger partial charge in [0.2, 0.25) is 10.0 Å². The van der Waals surface area contributed by atoms with Gasteiger partial charge in [0, 0.05) is 31.1 Å². The average molecular weight is 311 g/mol. The predicted molar refractivity (Wildman–Crippen MR) is 71.7 cm³/mol. The van der Waals surface area contributed by atoms with Crippen molar-refractivity contribution in [2.45, 2.75) is 6.04 Å². The van der Waals surface area contributed by atoms with Gasteiger partial charge in [-0.3, -0.25) is 0 Å². The van der Waals surface area contributed by atoms with Gasteiger partial charge >= 0.3 is 12.0 Å². The zero-order valence-corrected chi connectivity index (χ0v) is 12.1. The molecule has 8 nitrogen and oxygen atoms in total. The normalized spacial score (nSPS) is 20.1. The summed E-state index contributed by atoms with van der Waals surface area (Å²) in [6.07, 6.45) is 1.02. The lowest BCUT2D eigenvalue weighted by Crippen LogP contribution is -2.54. The van der Waals surface area contributed by atoms with E-state index in [0.717, 1.165) is 6.26 Å². The number of nitrogens with one attached hydrogen (secondary N) is 2. The Hall–Kier alpha value is -1.00. The molecule has 0 aliphatic carbocycles. The van der Waals surface area contributed by atoms with E-state index in [1.807, 2.05) is 0 Å². The Kier molecular flexibility index (Phi) is 5.88. The maximum absolute atomic E-state index is 11.8. The Morgan fingerprint density at radius 3 is 2.68 bits per heavy atom. The van der Waals surface area contributed by atoms with Crippen molar-refractivity contribution in [3.8, 4) is 0 Å². The molecule has 0 aromatic carbocycles. The Balaban J connectivity index is 2.41. The highest BCUT2D eigenvalue weighted by Crippen LogP contribution is 2.16. The largest absolute Gasteiger partial charge is 0.480 e. The molecule has 110 valence electrons. The van der Waals surface area contributed by atoms with E-state index in [2.05, 4.69) is 10.0 Å². The van der Waals surface area contributed by atoms with Crippen LogP contribution in [-0.4, -0.2) is 73.9 Å². The first-order valence-corrected chi connectivity index (χ1v) is 8.65. The lowest BCUT2D eigenvalue weighted by molar-refractivity contribution is -0.141. The highest BCUT2D eigenvalue weighted by molar-refractivity contribution is 7.99. The number of thioether (sulfide) groups is 1. The van der Waals surface area contributed by atoms with Crippen molar-refractivity contribution >= 4 is 33.8 Å². The highest BCUT2D eigenvalue weighted by atomic mass is 32.2. The number of sulfonamides is 1. The zero-order chi connectivity index (χ0) is 14.5. The van der Waals surface area contributed by atoms with Crippen LogP contribution < -0.4 is 10.0 Å². The van der Waals surface area contributed by atoms with Crippen molar-refractivity contribution in [3.05, 3.63) is 0 Å². The standard InChI is InChI=1S/C9H17N3O5S2/c1-19(16,17)11-3-2-10-9(15)12-4-5-18-6-7(12)8(13)14/h7,11H,2-6H2,1H3,(H,10,15)(H,13,14). The molecular formula is C9H17N3O5S2.